The maximum Gasteiger partial charge on any atom is 0.213 e. The van der Waals surface area contributed by atoms with E-state index in [-0.39, 0.29) is 0 Å². The Balaban J connectivity index is 2.07. The first-order valence-corrected chi connectivity index (χ1v) is 11.3. The van der Waals surface area contributed by atoms with Gasteiger partial charge < -0.3 is 4.74 Å². The van der Waals surface area contributed by atoms with E-state index in [2.05, 4.69) is 36.2 Å². The summed E-state index contributed by atoms with van der Waals surface area (Å²) in [5.74, 6) is 0.638. The van der Waals surface area contributed by atoms with Crippen LogP contribution in [0.2, 0.25) is 30.8 Å². The van der Waals surface area contributed by atoms with E-state index < -0.39 is 8.07 Å². The lowest BCUT2D eigenvalue weighted by atomic mass is 10.1. The topological polar surface area (TPSA) is 35.0 Å². The minimum Gasteiger partial charge on any atom is -0.478 e. The minimum absolute atomic E-state index is 0.466. The Morgan fingerprint density at radius 2 is 2.00 bits per heavy atom. The summed E-state index contributed by atoms with van der Waals surface area (Å²) in [5, 5.41) is 0.466. The van der Waals surface area contributed by atoms with Crippen LogP contribution in [0.1, 0.15) is 11.3 Å². The van der Waals surface area contributed by atoms with Crippen LogP contribution in [-0.4, -0.2) is 24.6 Å². The van der Waals surface area contributed by atoms with E-state index in [4.69, 9.17) is 16.3 Å². The van der Waals surface area contributed by atoms with E-state index >= 15 is 0 Å². The van der Waals surface area contributed by atoms with Crippen molar-refractivity contribution in [2.75, 3.05) is 6.61 Å². The number of ether oxygens (including phenoxy) is 1. The molecule has 0 aliphatic heterocycles. The zero-order valence-corrected chi connectivity index (χ0v) is 15.0. The molecule has 0 atom stereocenters. The van der Waals surface area contributed by atoms with Crippen LogP contribution >= 0.6 is 11.6 Å². The van der Waals surface area contributed by atoms with Crippen molar-refractivity contribution < 1.29 is 4.74 Å². The van der Waals surface area contributed by atoms with Crippen molar-refractivity contribution in [1.29, 1.82) is 0 Å². The number of rotatable bonds is 6. The van der Waals surface area contributed by atoms with Gasteiger partial charge in [0.05, 0.1) is 12.3 Å². The van der Waals surface area contributed by atoms with Crippen molar-refractivity contribution in [3.8, 4) is 5.88 Å². The molecule has 0 aromatic carbocycles. The van der Waals surface area contributed by atoms with Crippen molar-refractivity contribution in [1.82, 2.24) is 9.97 Å². The molecule has 3 nitrogen and oxygen atoms in total. The highest BCUT2D eigenvalue weighted by Gasteiger charge is 2.13. The predicted octanol–water partition coefficient (Wildman–Crippen LogP) is 4.91. The van der Waals surface area contributed by atoms with Crippen LogP contribution in [0.4, 0.5) is 0 Å². The van der Waals surface area contributed by atoms with E-state index in [1.807, 2.05) is 24.3 Å². The Morgan fingerprint density at radius 1 is 1.23 bits per heavy atom. The number of pyridine rings is 2. The molecule has 116 valence electrons. The molecule has 2 aromatic rings. The standard InChI is InChI=1S/C17H21ClN2OSi/c1-13(14-8-9-16(18)19-12-14)15-6-5-7-17(20-15)21-10-11-22(2,3)4/h5-9,12H,1,10-11H2,2-4H3. The van der Waals surface area contributed by atoms with Crippen molar-refractivity contribution in [3.63, 3.8) is 0 Å². The summed E-state index contributed by atoms with van der Waals surface area (Å²) < 4.78 is 5.77. The van der Waals surface area contributed by atoms with Gasteiger partial charge in [0.25, 0.3) is 0 Å². The van der Waals surface area contributed by atoms with Crippen LogP contribution in [0.3, 0.4) is 0 Å². The van der Waals surface area contributed by atoms with Crippen molar-refractivity contribution in [2.45, 2.75) is 25.7 Å². The summed E-state index contributed by atoms with van der Waals surface area (Å²) in [4.78, 5) is 8.60. The van der Waals surface area contributed by atoms with Crippen molar-refractivity contribution in [2.24, 2.45) is 0 Å². The second kappa shape index (κ2) is 7.07. The summed E-state index contributed by atoms with van der Waals surface area (Å²) in [6.45, 7) is 11.8. The van der Waals surface area contributed by atoms with Gasteiger partial charge >= 0.3 is 0 Å². The average molecular weight is 333 g/mol. The SMILES string of the molecule is C=C(c1ccc(Cl)nc1)c1cccc(OCC[Si](C)(C)C)n1. The predicted molar refractivity (Wildman–Crippen MR) is 95.3 cm³/mol. The minimum atomic E-state index is -1.10. The first-order valence-electron chi connectivity index (χ1n) is 7.26. The van der Waals surface area contributed by atoms with E-state index in [1.165, 1.54) is 0 Å². The Hall–Kier alpha value is -1.65. The summed E-state index contributed by atoms with van der Waals surface area (Å²) in [6, 6.07) is 10.5. The van der Waals surface area contributed by atoms with Gasteiger partial charge in [0.2, 0.25) is 5.88 Å². The summed E-state index contributed by atoms with van der Waals surface area (Å²) >= 11 is 5.81. The van der Waals surface area contributed by atoms with Gasteiger partial charge in [-0.05, 0) is 24.2 Å². The lowest BCUT2D eigenvalue weighted by Gasteiger charge is -2.16. The number of aromatic nitrogens is 2. The van der Waals surface area contributed by atoms with Gasteiger partial charge in [-0.2, -0.15) is 0 Å². The average Bonchev–Trinajstić information content (AvgIpc) is 2.46. The second-order valence-corrected chi connectivity index (χ2v) is 12.4. The molecule has 0 spiro atoms. The molecule has 0 fully saturated rings. The van der Waals surface area contributed by atoms with Gasteiger partial charge in [0.15, 0.2) is 0 Å². The molecule has 0 saturated heterocycles. The van der Waals surface area contributed by atoms with Crippen molar-refractivity contribution >= 4 is 25.2 Å². The zero-order chi connectivity index (χ0) is 16.2. The molecule has 2 rings (SSSR count). The molecule has 22 heavy (non-hydrogen) atoms. The molecule has 0 aliphatic rings. The molecule has 0 amide bonds. The monoisotopic (exact) mass is 332 g/mol. The van der Waals surface area contributed by atoms with Crippen LogP contribution < -0.4 is 4.74 Å². The summed E-state index contributed by atoms with van der Waals surface area (Å²) in [6.07, 6.45) is 1.70. The third-order valence-electron chi connectivity index (χ3n) is 3.21. The maximum absolute atomic E-state index is 5.81. The zero-order valence-electron chi connectivity index (χ0n) is 13.3. The number of hydrogen-bond acceptors (Lipinski definition) is 3. The van der Waals surface area contributed by atoms with E-state index in [0.717, 1.165) is 22.9 Å². The highest BCUT2D eigenvalue weighted by molar-refractivity contribution is 6.76. The molecular formula is C17H21ClN2OSi. The molecule has 0 saturated carbocycles. The van der Waals surface area contributed by atoms with Gasteiger partial charge in [0.1, 0.15) is 5.15 Å². The molecule has 0 aliphatic carbocycles. The number of hydrogen-bond donors (Lipinski definition) is 0. The molecule has 0 unspecified atom stereocenters. The third kappa shape index (κ3) is 4.96. The van der Waals surface area contributed by atoms with Crippen LogP contribution in [0.15, 0.2) is 43.1 Å². The van der Waals surface area contributed by atoms with Crippen LogP contribution in [0, 0.1) is 0 Å². The van der Waals surface area contributed by atoms with Crippen LogP contribution in [0.5, 0.6) is 5.88 Å². The normalized spacial score (nSPS) is 11.3. The first-order chi connectivity index (χ1) is 10.3. The Kier molecular flexibility index (Phi) is 5.37. The molecule has 0 N–H and O–H groups in total. The third-order valence-corrected chi connectivity index (χ3v) is 5.14. The smallest absolute Gasteiger partial charge is 0.213 e. The lowest BCUT2D eigenvalue weighted by Crippen LogP contribution is -2.22. The fraction of sp³-hybridized carbons (Fsp3) is 0.294. The molecule has 0 radical (unpaired) electrons. The van der Waals surface area contributed by atoms with Gasteiger partial charge in [-0.3, -0.25) is 0 Å². The highest BCUT2D eigenvalue weighted by Crippen LogP contribution is 2.22. The summed E-state index contributed by atoms with van der Waals surface area (Å²) in [7, 11) is -1.10. The largest absolute Gasteiger partial charge is 0.478 e. The van der Waals surface area contributed by atoms with Gasteiger partial charge in [-0.15, -0.1) is 0 Å². The van der Waals surface area contributed by atoms with Crippen LogP contribution in [0.25, 0.3) is 5.57 Å². The van der Waals surface area contributed by atoms with Gasteiger partial charge in [-0.25, -0.2) is 9.97 Å². The summed E-state index contributed by atoms with van der Waals surface area (Å²) in [5.41, 5.74) is 2.49. The van der Waals surface area contributed by atoms with Gasteiger partial charge in [-0.1, -0.05) is 43.9 Å². The van der Waals surface area contributed by atoms with Crippen molar-refractivity contribution in [3.05, 3.63) is 59.5 Å². The van der Waals surface area contributed by atoms with Crippen LogP contribution in [-0.2, 0) is 0 Å². The van der Waals surface area contributed by atoms with E-state index in [1.54, 1.807) is 12.3 Å². The van der Waals surface area contributed by atoms with E-state index in [0.29, 0.717) is 17.6 Å². The highest BCUT2D eigenvalue weighted by atomic mass is 35.5. The molecule has 0 bridgehead atoms. The van der Waals surface area contributed by atoms with Gasteiger partial charge in [0, 0.05) is 31.5 Å². The molecule has 2 aromatic heterocycles. The Morgan fingerprint density at radius 3 is 2.64 bits per heavy atom. The molecular weight excluding hydrogens is 312 g/mol. The first kappa shape index (κ1) is 16.7. The molecule has 5 heteroatoms. The number of nitrogens with zero attached hydrogens (tertiary/aromatic N) is 2. The fourth-order valence-electron chi connectivity index (χ4n) is 1.83. The molecule has 2 heterocycles. The quantitative estimate of drug-likeness (QED) is 0.557. The Bertz CT molecular complexity index is 650. The fourth-order valence-corrected chi connectivity index (χ4v) is 2.65. The number of halogens is 1. The second-order valence-electron chi connectivity index (χ2n) is 6.37. The van der Waals surface area contributed by atoms with E-state index in [9.17, 15) is 0 Å². The lowest BCUT2D eigenvalue weighted by molar-refractivity contribution is 0.325. The maximum atomic E-state index is 5.81. The Labute approximate surface area is 138 Å².